The van der Waals surface area contributed by atoms with Gasteiger partial charge in [-0.25, -0.2) is 15.0 Å². The number of hydrogen-bond donors (Lipinski definition) is 2. The molecule has 1 aliphatic heterocycles. The summed E-state index contributed by atoms with van der Waals surface area (Å²) in [7, 11) is 0. The molecule has 1 fully saturated rings. The van der Waals surface area contributed by atoms with Gasteiger partial charge < -0.3 is 15.7 Å². The Bertz CT molecular complexity index is 917. The number of fused-ring (bicyclic) bond motifs is 1. The van der Waals surface area contributed by atoms with E-state index in [-0.39, 0.29) is 12.6 Å². The first-order valence-corrected chi connectivity index (χ1v) is 9.16. The van der Waals surface area contributed by atoms with Crippen molar-refractivity contribution in [2.24, 2.45) is 0 Å². The van der Waals surface area contributed by atoms with Gasteiger partial charge in [0.1, 0.15) is 5.82 Å². The van der Waals surface area contributed by atoms with E-state index in [1.54, 1.807) is 18.6 Å². The van der Waals surface area contributed by atoms with Crippen molar-refractivity contribution in [2.45, 2.75) is 28.7 Å². The molecule has 3 aromatic rings. The van der Waals surface area contributed by atoms with Crippen LogP contribution in [0.1, 0.15) is 12.8 Å². The average Bonchev–Trinajstić information content (AvgIpc) is 3.28. The van der Waals surface area contributed by atoms with E-state index in [1.165, 1.54) is 11.8 Å². The van der Waals surface area contributed by atoms with E-state index in [9.17, 15) is 5.11 Å². The predicted octanol–water partition coefficient (Wildman–Crippen LogP) is 2.47. The van der Waals surface area contributed by atoms with Crippen molar-refractivity contribution in [3.05, 3.63) is 35.9 Å². The molecule has 0 spiro atoms. The fourth-order valence-electron chi connectivity index (χ4n) is 3.10. The Kier molecular flexibility index (Phi) is 4.41. The molecule has 0 bridgehead atoms. The number of rotatable bonds is 4. The van der Waals surface area contributed by atoms with Gasteiger partial charge in [0.15, 0.2) is 5.65 Å². The molecule has 1 atom stereocenters. The van der Waals surface area contributed by atoms with Gasteiger partial charge in [-0.15, -0.1) is 0 Å². The van der Waals surface area contributed by atoms with E-state index >= 15 is 0 Å². The largest absolute Gasteiger partial charge is 0.394 e. The second-order valence-electron chi connectivity index (χ2n) is 5.83. The molecule has 0 unspecified atom stereocenters. The standard InChI is InChI=1S/C16H17ClN6OS/c17-13-11(3-4-19-14(13)18)25-12-8-21-16(23-7-5-20-15(12)23)22-6-1-2-10(22)9-24/h3-5,7-8,10,24H,1-2,6,9H2,(H2,18,19)/t10-/m0/s1. The highest BCUT2D eigenvalue weighted by Crippen LogP contribution is 2.37. The number of pyridine rings is 1. The molecule has 0 amide bonds. The molecular formula is C16H17ClN6OS. The van der Waals surface area contributed by atoms with E-state index in [4.69, 9.17) is 17.3 Å². The van der Waals surface area contributed by atoms with Crippen LogP contribution in [0.2, 0.25) is 5.02 Å². The number of nitrogen functional groups attached to an aromatic ring is 1. The first kappa shape index (κ1) is 16.4. The molecule has 0 aromatic carbocycles. The number of aliphatic hydroxyl groups is 1. The Labute approximate surface area is 153 Å². The summed E-state index contributed by atoms with van der Waals surface area (Å²) in [5.74, 6) is 1.10. The summed E-state index contributed by atoms with van der Waals surface area (Å²) in [6.07, 6.45) is 9.07. The number of hydrogen-bond acceptors (Lipinski definition) is 7. The minimum atomic E-state index is 0.103. The summed E-state index contributed by atoms with van der Waals surface area (Å²) in [5.41, 5.74) is 6.58. The van der Waals surface area contributed by atoms with Crippen LogP contribution >= 0.6 is 23.4 Å². The van der Waals surface area contributed by atoms with E-state index in [1.807, 2.05) is 16.7 Å². The zero-order chi connectivity index (χ0) is 17.4. The molecule has 9 heteroatoms. The van der Waals surface area contributed by atoms with Crippen LogP contribution in [0.5, 0.6) is 0 Å². The summed E-state index contributed by atoms with van der Waals surface area (Å²) in [6, 6.07) is 1.92. The first-order chi connectivity index (χ1) is 12.2. The summed E-state index contributed by atoms with van der Waals surface area (Å²) in [4.78, 5) is 16.9. The summed E-state index contributed by atoms with van der Waals surface area (Å²) in [5, 5.41) is 10.0. The fourth-order valence-corrected chi connectivity index (χ4v) is 4.23. The highest BCUT2D eigenvalue weighted by Gasteiger charge is 2.27. The Hall–Kier alpha value is -2.03. The van der Waals surface area contributed by atoms with Crippen LogP contribution < -0.4 is 10.6 Å². The second-order valence-corrected chi connectivity index (χ2v) is 7.29. The minimum Gasteiger partial charge on any atom is -0.394 e. The molecule has 130 valence electrons. The van der Waals surface area contributed by atoms with Crippen molar-refractivity contribution in [1.82, 2.24) is 19.4 Å². The third-order valence-corrected chi connectivity index (χ3v) is 5.90. The maximum absolute atomic E-state index is 9.60. The van der Waals surface area contributed by atoms with Gasteiger partial charge in [-0.05, 0) is 18.9 Å². The monoisotopic (exact) mass is 376 g/mol. The highest BCUT2D eigenvalue weighted by molar-refractivity contribution is 7.99. The SMILES string of the molecule is Nc1nccc(Sc2cnc(N3CCC[C@H]3CO)n3ccnc23)c1Cl. The van der Waals surface area contributed by atoms with Gasteiger partial charge in [-0.1, -0.05) is 23.4 Å². The lowest BCUT2D eigenvalue weighted by atomic mass is 10.2. The number of aliphatic hydroxyl groups excluding tert-OH is 1. The topological polar surface area (TPSA) is 92.6 Å². The Morgan fingerprint density at radius 2 is 2.16 bits per heavy atom. The van der Waals surface area contributed by atoms with Crippen molar-refractivity contribution in [2.75, 3.05) is 23.8 Å². The third kappa shape index (κ3) is 2.90. The lowest BCUT2D eigenvalue weighted by Gasteiger charge is -2.25. The van der Waals surface area contributed by atoms with E-state index in [2.05, 4.69) is 19.9 Å². The van der Waals surface area contributed by atoms with Crippen LogP contribution in [-0.2, 0) is 0 Å². The molecule has 4 heterocycles. The first-order valence-electron chi connectivity index (χ1n) is 7.96. The Morgan fingerprint density at radius 1 is 1.28 bits per heavy atom. The van der Waals surface area contributed by atoms with Gasteiger partial charge in [-0.2, -0.15) is 0 Å². The van der Waals surface area contributed by atoms with Crippen LogP contribution in [0.25, 0.3) is 5.65 Å². The summed E-state index contributed by atoms with van der Waals surface area (Å²) >= 11 is 7.70. The average molecular weight is 377 g/mol. The van der Waals surface area contributed by atoms with Gasteiger partial charge >= 0.3 is 0 Å². The van der Waals surface area contributed by atoms with E-state index in [0.29, 0.717) is 10.8 Å². The molecular weight excluding hydrogens is 360 g/mol. The predicted molar refractivity (Wildman–Crippen MR) is 98.2 cm³/mol. The van der Waals surface area contributed by atoms with Crippen LogP contribution in [0.3, 0.4) is 0 Å². The van der Waals surface area contributed by atoms with Crippen molar-refractivity contribution < 1.29 is 5.11 Å². The molecule has 3 N–H and O–H groups in total. The van der Waals surface area contributed by atoms with Crippen LogP contribution in [-0.4, -0.2) is 43.7 Å². The molecule has 7 nitrogen and oxygen atoms in total. The number of halogens is 1. The second kappa shape index (κ2) is 6.70. The zero-order valence-electron chi connectivity index (χ0n) is 13.3. The Morgan fingerprint density at radius 3 is 3.00 bits per heavy atom. The van der Waals surface area contributed by atoms with E-state index in [0.717, 1.165) is 40.8 Å². The lowest BCUT2D eigenvalue weighted by Crippen LogP contribution is -2.34. The molecule has 4 rings (SSSR count). The van der Waals surface area contributed by atoms with Crippen LogP contribution in [0, 0.1) is 0 Å². The maximum atomic E-state index is 9.60. The van der Waals surface area contributed by atoms with Crippen molar-refractivity contribution in [1.29, 1.82) is 0 Å². The molecule has 25 heavy (non-hydrogen) atoms. The fraction of sp³-hybridized carbons (Fsp3) is 0.312. The van der Waals surface area contributed by atoms with E-state index < -0.39 is 0 Å². The normalized spacial score (nSPS) is 17.5. The van der Waals surface area contributed by atoms with Gasteiger partial charge in [0.25, 0.3) is 0 Å². The van der Waals surface area contributed by atoms with Crippen LogP contribution in [0.15, 0.2) is 40.6 Å². The van der Waals surface area contributed by atoms with Gasteiger partial charge in [-0.3, -0.25) is 4.40 Å². The Balaban J connectivity index is 1.74. The molecule has 3 aromatic heterocycles. The third-order valence-electron chi connectivity index (χ3n) is 4.32. The maximum Gasteiger partial charge on any atom is 0.211 e. The van der Waals surface area contributed by atoms with Crippen molar-refractivity contribution in [3.8, 4) is 0 Å². The minimum absolute atomic E-state index is 0.103. The molecule has 0 radical (unpaired) electrons. The molecule has 0 aliphatic carbocycles. The molecule has 0 saturated carbocycles. The van der Waals surface area contributed by atoms with Crippen LogP contribution in [0.4, 0.5) is 11.8 Å². The van der Waals surface area contributed by atoms with Gasteiger partial charge in [0.2, 0.25) is 5.95 Å². The number of aromatic nitrogens is 4. The summed E-state index contributed by atoms with van der Waals surface area (Å²) < 4.78 is 1.95. The quantitative estimate of drug-likeness (QED) is 0.722. The molecule has 1 aliphatic rings. The summed E-state index contributed by atoms with van der Waals surface area (Å²) in [6.45, 7) is 1.00. The lowest BCUT2D eigenvalue weighted by molar-refractivity contribution is 0.265. The highest BCUT2D eigenvalue weighted by atomic mass is 35.5. The smallest absolute Gasteiger partial charge is 0.211 e. The van der Waals surface area contributed by atoms with Crippen molar-refractivity contribution in [3.63, 3.8) is 0 Å². The van der Waals surface area contributed by atoms with Gasteiger partial charge in [0.05, 0.1) is 22.6 Å². The number of imidazole rings is 1. The number of nitrogens with two attached hydrogens (primary N) is 1. The van der Waals surface area contributed by atoms with Crippen molar-refractivity contribution >= 4 is 40.8 Å². The van der Waals surface area contributed by atoms with Gasteiger partial charge in [0, 0.05) is 36.2 Å². The number of nitrogens with zero attached hydrogens (tertiary/aromatic N) is 5. The number of anilines is 2. The molecule has 1 saturated heterocycles. The zero-order valence-corrected chi connectivity index (χ0v) is 14.9.